The number of carbonyl (C=O) groups excluding carboxylic acids is 1. The molecule has 1 aromatic rings. The summed E-state index contributed by atoms with van der Waals surface area (Å²) in [5.41, 5.74) is 7.11. The van der Waals surface area contributed by atoms with Gasteiger partial charge in [-0.1, -0.05) is 37.3 Å². The predicted molar refractivity (Wildman–Crippen MR) is 90.4 cm³/mol. The fourth-order valence-electron chi connectivity index (χ4n) is 3.24. The predicted octanol–water partition coefficient (Wildman–Crippen LogP) is 2.31. The molecule has 0 saturated carbocycles. The van der Waals surface area contributed by atoms with Crippen LogP contribution in [0.2, 0.25) is 0 Å². The molecule has 0 radical (unpaired) electrons. The van der Waals surface area contributed by atoms with Crippen LogP contribution in [0.5, 0.6) is 0 Å². The second-order valence-corrected chi connectivity index (χ2v) is 6.70. The summed E-state index contributed by atoms with van der Waals surface area (Å²) in [7, 11) is 0. The van der Waals surface area contributed by atoms with E-state index in [0.29, 0.717) is 6.42 Å². The minimum Gasteiger partial charge on any atom is -0.352 e. The first-order chi connectivity index (χ1) is 10.5. The molecule has 22 heavy (non-hydrogen) atoms. The lowest BCUT2D eigenvalue weighted by Gasteiger charge is -2.33. The third-order valence-corrected chi connectivity index (χ3v) is 4.31. The van der Waals surface area contributed by atoms with Crippen molar-refractivity contribution >= 4 is 5.91 Å². The van der Waals surface area contributed by atoms with E-state index in [2.05, 4.69) is 24.1 Å². The van der Waals surface area contributed by atoms with Gasteiger partial charge in [0.25, 0.3) is 0 Å². The first-order valence-electron chi connectivity index (χ1n) is 8.37. The first-order valence-corrected chi connectivity index (χ1v) is 8.37. The Kier molecular flexibility index (Phi) is 6.40. The number of hydrogen-bond donors (Lipinski definition) is 2. The van der Waals surface area contributed by atoms with Crippen LogP contribution in [-0.2, 0) is 4.79 Å². The molecular formula is C18H29N3O. The van der Waals surface area contributed by atoms with Gasteiger partial charge in [-0.3, -0.25) is 4.79 Å². The molecule has 3 atom stereocenters. The number of rotatable bonds is 6. The maximum atomic E-state index is 12.1. The van der Waals surface area contributed by atoms with Crippen molar-refractivity contribution in [2.75, 3.05) is 19.6 Å². The van der Waals surface area contributed by atoms with Crippen molar-refractivity contribution in [2.24, 2.45) is 11.7 Å². The van der Waals surface area contributed by atoms with Gasteiger partial charge < -0.3 is 16.0 Å². The van der Waals surface area contributed by atoms with Gasteiger partial charge in [0.15, 0.2) is 0 Å². The van der Waals surface area contributed by atoms with Gasteiger partial charge >= 0.3 is 0 Å². The fourth-order valence-corrected chi connectivity index (χ4v) is 3.24. The van der Waals surface area contributed by atoms with Crippen LogP contribution in [0.15, 0.2) is 30.3 Å². The van der Waals surface area contributed by atoms with Crippen molar-refractivity contribution in [3.05, 3.63) is 35.9 Å². The van der Waals surface area contributed by atoms with Gasteiger partial charge in [0, 0.05) is 31.6 Å². The van der Waals surface area contributed by atoms with E-state index in [-0.39, 0.29) is 18.0 Å². The molecule has 3 N–H and O–H groups in total. The first kappa shape index (κ1) is 17.0. The summed E-state index contributed by atoms with van der Waals surface area (Å²) < 4.78 is 0. The zero-order valence-corrected chi connectivity index (χ0v) is 13.8. The largest absolute Gasteiger partial charge is 0.352 e. The zero-order chi connectivity index (χ0) is 15.9. The van der Waals surface area contributed by atoms with E-state index in [4.69, 9.17) is 5.73 Å². The number of hydrogen-bond acceptors (Lipinski definition) is 3. The van der Waals surface area contributed by atoms with E-state index in [1.165, 1.54) is 12.8 Å². The van der Waals surface area contributed by atoms with Crippen LogP contribution in [0.4, 0.5) is 0 Å². The lowest BCUT2D eigenvalue weighted by atomic mass is 10.00. The fraction of sp³-hybridized carbons (Fsp3) is 0.611. The van der Waals surface area contributed by atoms with Crippen LogP contribution in [0, 0.1) is 5.92 Å². The number of carbonyl (C=O) groups is 1. The molecule has 1 heterocycles. The monoisotopic (exact) mass is 303 g/mol. The molecule has 4 nitrogen and oxygen atoms in total. The van der Waals surface area contributed by atoms with E-state index in [9.17, 15) is 4.79 Å². The summed E-state index contributed by atoms with van der Waals surface area (Å²) >= 11 is 0. The average Bonchev–Trinajstić information content (AvgIpc) is 2.47. The third-order valence-electron chi connectivity index (χ3n) is 4.31. The molecule has 122 valence electrons. The van der Waals surface area contributed by atoms with Crippen molar-refractivity contribution in [3.8, 4) is 0 Å². The van der Waals surface area contributed by atoms with Crippen LogP contribution in [0.25, 0.3) is 0 Å². The van der Waals surface area contributed by atoms with Gasteiger partial charge in [-0.25, -0.2) is 0 Å². The van der Waals surface area contributed by atoms with Gasteiger partial charge in [-0.15, -0.1) is 0 Å². The minimum absolute atomic E-state index is 0.0360. The normalized spacial score (nSPS) is 22.0. The maximum Gasteiger partial charge on any atom is 0.222 e. The van der Waals surface area contributed by atoms with Crippen molar-refractivity contribution < 1.29 is 4.79 Å². The summed E-state index contributed by atoms with van der Waals surface area (Å²) in [4.78, 5) is 14.6. The van der Waals surface area contributed by atoms with E-state index >= 15 is 0 Å². The molecule has 1 aliphatic heterocycles. The molecule has 2 rings (SSSR count). The summed E-state index contributed by atoms with van der Waals surface area (Å²) in [6.45, 7) is 7.59. The third kappa shape index (κ3) is 5.43. The number of piperidine rings is 1. The Morgan fingerprint density at radius 2 is 2.14 bits per heavy atom. The number of nitrogens with zero attached hydrogens (tertiary/aromatic N) is 1. The Morgan fingerprint density at radius 3 is 2.82 bits per heavy atom. The minimum atomic E-state index is -0.233. The highest BCUT2D eigenvalue weighted by atomic mass is 16.1. The molecular weight excluding hydrogens is 274 g/mol. The van der Waals surface area contributed by atoms with E-state index < -0.39 is 0 Å². The second kappa shape index (κ2) is 8.30. The summed E-state index contributed by atoms with van der Waals surface area (Å²) in [6.07, 6.45) is 2.93. The SMILES string of the molecule is CC1CCCN(CC(C)NC(=O)CC(N)c2ccccc2)C1. The van der Waals surface area contributed by atoms with Crippen LogP contribution < -0.4 is 11.1 Å². The van der Waals surface area contributed by atoms with Gasteiger partial charge in [0.2, 0.25) is 5.91 Å². The van der Waals surface area contributed by atoms with Crippen LogP contribution >= 0.6 is 0 Å². The molecule has 1 saturated heterocycles. The Morgan fingerprint density at radius 1 is 1.41 bits per heavy atom. The number of amides is 1. The molecule has 3 unspecified atom stereocenters. The van der Waals surface area contributed by atoms with E-state index in [0.717, 1.165) is 31.1 Å². The second-order valence-electron chi connectivity index (χ2n) is 6.70. The Hall–Kier alpha value is -1.39. The standard InChI is InChI=1S/C18H29N3O/c1-14-7-6-10-21(12-14)13-15(2)20-18(22)11-17(19)16-8-4-3-5-9-16/h3-5,8-9,14-15,17H,6-7,10-13,19H2,1-2H3,(H,20,22). The highest BCUT2D eigenvalue weighted by Gasteiger charge is 2.19. The number of nitrogens with two attached hydrogens (primary N) is 1. The smallest absolute Gasteiger partial charge is 0.222 e. The average molecular weight is 303 g/mol. The van der Waals surface area contributed by atoms with Gasteiger partial charge in [-0.05, 0) is 37.8 Å². The number of benzene rings is 1. The highest BCUT2D eigenvalue weighted by Crippen LogP contribution is 2.16. The number of nitrogens with one attached hydrogen (secondary N) is 1. The molecule has 1 aliphatic rings. The van der Waals surface area contributed by atoms with Crippen molar-refractivity contribution in [1.29, 1.82) is 0 Å². The number of likely N-dealkylation sites (tertiary alicyclic amines) is 1. The van der Waals surface area contributed by atoms with Gasteiger partial charge in [0.1, 0.15) is 0 Å². The zero-order valence-electron chi connectivity index (χ0n) is 13.8. The van der Waals surface area contributed by atoms with E-state index in [1.807, 2.05) is 30.3 Å². The van der Waals surface area contributed by atoms with Crippen LogP contribution in [0.3, 0.4) is 0 Å². The Bertz CT molecular complexity index is 463. The van der Waals surface area contributed by atoms with Crippen molar-refractivity contribution in [2.45, 2.75) is 45.2 Å². The quantitative estimate of drug-likeness (QED) is 0.848. The molecule has 0 aliphatic carbocycles. The molecule has 1 amide bonds. The van der Waals surface area contributed by atoms with Crippen molar-refractivity contribution in [1.82, 2.24) is 10.2 Å². The molecule has 1 aromatic carbocycles. The Balaban J connectivity index is 1.74. The van der Waals surface area contributed by atoms with E-state index in [1.54, 1.807) is 0 Å². The van der Waals surface area contributed by atoms with Crippen LogP contribution in [0.1, 0.15) is 44.7 Å². The topological polar surface area (TPSA) is 58.4 Å². The van der Waals surface area contributed by atoms with Gasteiger partial charge in [0.05, 0.1) is 0 Å². The molecule has 1 fully saturated rings. The highest BCUT2D eigenvalue weighted by molar-refractivity contribution is 5.77. The lowest BCUT2D eigenvalue weighted by molar-refractivity contribution is -0.122. The molecule has 0 aromatic heterocycles. The van der Waals surface area contributed by atoms with Crippen molar-refractivity contribution in [3.63, 3.8) is 0 Å². The molecule has 0 bridgehead atoms. The summed E-state index contributed by atoms with van der Waals surface area (Å²) in [5.74, 6) is 0.803. The summed E-state index contributed by atoms with van der Waals surface area (Å²) in [6, 6.07) is 9.73. The summed E-state index contributed by atoms with van der Waals surface area (Å²) in [5, 5.41) is 3.08. The molecule has 4 heteroatoms. The van der Waals surface area contributed by atoms with Gasteiger partial charge in [-0.2, -0.15) is 0 Å². The maximum absolute atomic E-state index is 12.1. The molecule has 0 spiro atoms. The lowest BCUT2D eigenvalue weighted by Crippen LogP contribution is -2.45. The Labute approximate surface area is 134 Å². The van der Waals surface area contributed by atoms with Crippen LogP contribution in [-0.4, -0.2) is 36.5 Å².